The van der Waals surface area contributed by atoms with Gasteiger partial charge in [0.05, 0.1) is 22.5 Å². The number of pyridine rings is 3. The topological polar surface area (TPSA) is 38.7 Å². The van der Waals surface area contributed by atoms with E-state index in [1.165, 1.54) is 11.1 Å². The van der Waals surface area contributed by atoms with Crippen LogP contribution in [-0.4, -0.2) is 15.0 Å². The molecule has 3 nitrogen and oxygen atoms in total. The van der Waals surface area contributed by atoms with E-state index < -0.39 is 5.41 Å². The molecule has 6 aromatic rings. The molecule has 0 saturated heterocycles. The minimum Gasteiger partial charge on any atom is -0.260 e. The van der Waals surface area contributed by atoms with Gasteiger partial charge in [0.15, 0.2) is 0 Å². The van der Waals surface area contributed by atoms with E-state index >= 15 is 0 Å². The quantitative estimate of drug-likeness (QED) is 0.162. The van der Waals surface area contributed by atoms with Crippen molar-refractivity contribution in [3.63, 3.8) is 0 Å². The van der Waals surface area contributed by atoms with Gasteiger partial charge in [0.1, 0.15) is 0 Å². The second-order valence-electron chi connectivity index (χ2n) is 10.7. The van der Waals surface area contributed by atoms with E-state index in [4.69, 9.17) is 0 Å². The Balaban J connectivity index is 0.000000193. The molecule has 214 valence electrons. The van der Waals surface area contributed by atoms with Crippen LogP contribution in [0.2, 0.25) is 0 Å². The molecule has 3 aromatic carbocycles. The molecule has 0 atom stereocenters. The first-order chi connectivity index (χ1) is 20.4. The predicted octanol–water partition coefficient (Wildman–Crippen LogP) is 8.28. The monoisotopic (exact) mass is 737 g/mol. The maximum Gasteiger partial charge on any atom is 3.00 e. The van der Waals surface area contributed by atoms with E-state index in [1.807, 2.05) is 97.5 Å². The van der Waals surface area contributed by atoms with Crippen molar-refractivity contribution in [3.8, 4) is 0 Å². The number of rotatable bonds is 6. The summed E-state index contributed by atoms with van der Waals surface area (Å²) < 4.78 is 0. The molecule has 3 aromatic heterocycles. The van der Waals surface area contributed by atoms with Crippen molar-refractivity contribution in [2.24, 2.45) is 0 Å². The molecule has 0 spiro atoms. The Labute approximate surface area is 269 Å². The summed E-state index contributed by atoms with van der Waals surface area (Å²) in [5, 5.41) is 0. The second kappa shape index (κ2) is 14.3. The first-order valence-electron chi connectivity index (χ1n) is 14.1. The molecule has 0 aliphatic rings. The Morgan fingerprint density at radius 2 is 0.884 bits per heavy atom. The van der Waals surface area contributed by atoms with Gasteiger partial charge in [0.2, 0.25) is 0 Å². The molecule has 0 amide bonds. The Bertz CT molecular complexity index is 1560. The first kappa shape index (κ1) is 31.7. The normalized spacial score (nSPS) is 11.1. The predicted molar refractivity (Wildman–Crippen MR) is 169 cm³/mol. The molecule has 0 saturated carbocycles. The Morgan fingerprint density at radius 1 is 0.465 bits per heavy atom. The first-order valence-corrected chi connectivity index (χ1v) is 14.1. The van der Waals surface area contributed by atoms with Gasteiger partial charge in [0, 0.05) is 24.0 Å². The van der Waals surface area contributed by atoms with Crippen LogP contribution in [0.5, 0.6) is 0 Å². The largest absolute Gasteiger partial charge is 3.00 e. The van der Waals surface area contributed by atoms with Gasteiger partial charge in [-0.25, -0.2) is 0 Å². The minimum atomic E-state index is -0.417. The molecule has 4 heteroatoms. The summed E-state index contributed by atoms with van der Waals surface area (Å²) in [5.41, 5.74) is 7.89. The van der Waals surface area contributed by atoms with E-state index in [-0.39, 0.29) is 25.5 Å². The van der Waals surface area contributed by atoms with Crippen molar-refractivity contribution in [3.05, 3.63) is 197 Å². The van der Waals surface area contributed by atoms with Crippen molar-refractivity contribution in [2.45, 2.75) is 38.5 Å². The summed E-state index contributed by atoms with van der Waals surface area (Å²) in [6, 6.07) is 48.5. The minimum absolute atomic E-state index is 0. The number of hydrogen-bond acceptors (Lipinski definition) is 3. The fraction of sp³-hybridized carbons (Fsp3) is 0.154. The Morgan fingerprint density at radius 3 is 1.26 bits per heavy atom. The zero-order valence-electron chi connectivity index (χ0n) is 24.9. The molecule has 6 rings (SSSR count). The zero-order valence-corrected chi connectivity index (χ0v) is 27.3. The molecular weight excluding hydrogens is 703 g/mol. The van der Waals surface area contributed by atoms with E-state index in [2.05, 4.69) is 97.2 Å². The van der Waals surface area contributed by atoms with E-state index in [1.54, 1.807) is 0 Å². The third-order valence-electron chi connectivity index (χ3n) is 7.78. The molecule has 0 N–H and O–H groups in total. The number of hydrogen-bond donors (Lipinski definition) is 0. The van der Waals surface area contributed by atoms with Crippen LogP contribution in [0.3, 0.4) is 0 Å². The van der Waals surface area contributed by atoms with Crippen LogP contribution in [0.15, 0.2) is 134 Å². The summed E-state index contributed by atoms with van der Waals surface area (Å²) in [5.74, 6) is 0. The number of aromatic nitrogens is 3. The standard InChI is InChI=1S/C20H19N2.C19H15N.Ir/c1-15-9-11-21-18(13-15)20(3,17-7-5-4-6-8-17)19-14-16(2)10-12-22-19;1-19(16-10-4-2-5-11-16,17-12-6-3-7-13-17)18-14-8-9-15-20-18;/h4-7,9-14H,1-3H3;2-10,12,14-15H,1H3;/q-1;-2;+3. The van der Waals surface area contributed by atoms with Gasteiger partial charge in [-0.3, -0.25) is 15.0 Å². The molecule has 3 heterocycles. The van der Waals surface area contributed by atoms with Gasteiger partial charge < -0.3 is 0 Å². The van der Waals surface area contributed by atoms with Gasteiger partial charge in [-0.15, -0.1) is 16.7 Å². The van der Waals surface area contributed by atoms with Crippen LogP contribution < -0.4 is 0 Å². The average molecular weight is 737 g/mol. The van der Waals surface area contributed by atoms with Crippen molar-refractivity contribution < 1.29 is 20.1 Å². The van der Waals surface area contributed by atoms with Gasteiger partial charge in [-0.05, 0) is 75.2 Å². The van der Waals surface area contributed by atoms with Crippen LogP contribution in [0.25, 0.3) is 0 Å². The van der Waals surface area contributed by atoms with Crippen LogP contribution in [0.4, 0.5) is 0 Å². The fourth-order valence-electron chi connectivity index (χ4n) is 5.22. The van der Waals surface area contributed by atoms with Gasteiger partial charge in [0.25, 0.3) is 0 Å². The third kappa shape index (κ3) is 6.88. The summed E-state index contributed by atoms with van der Waals surface area (Å²) in [6.07, 6.45) is 5.56. The van der Waals surface area contributed by atoms with Crippen LogP contribution in [0, 0.1) is 32.0 Å². The average Bonchev–Trinajstić information content (AvgIpc) is 3.06. The second-order valence-corrected chi connectivity index (χ2v) is 10.7. The summed E-state index contributed by atoms with van der Waals surface area (Å²) >= 11 is 0. The fourth-order valence-corrected chi connectivity index (χ4v) is 5.22. The molecule has 0 fully saturated rings. The van der Waals surface area contributed by atoms with Crippen molar-refractivity contribution >= 4 is 0 Å². The zero-order chi connectivity index (χ0) is 29.4. The molecule has 43 heavy (non-hydrogen) atoms. The van der Waals surface area contributed by atoms with E-state index in [9.17, 15) is 0 Å². The molecule has 0 bridgehead atoms. The maximum atomic E-state index is 4.63. The smallest absolute Gasteiger partial charge is 0.260 e. The van der Waals surface area contributed by atoms with E-state index in [0.717, 1.165) is 33.8 Å². The third-order valence-corrected chi connectivity index (χ3v) is 7.78. The summed E-state index contributed by atoms with van der Waals surface area (Å²) in [4.78, 5) is 13.8. The van der Waals surface area contributed by atoms with Gasteiger partial charge in [-0.1, -0.05) is 6.07 Å². The van der Waals surface area contributed by atoms with Gasteiger partial charge >= 0.3 is 20.1 Å². The van der Waals surface area contributed by atoms with Crippen LogP contribution in [-0.2, 0) is 30.9 Å². The molecule has 0 aliphatic heterocycles. The maximum absolute atomic E-state index is 4.63. The van der Waals surface area contributed by atoms with E-state index in [0.29, 0.717) is 0 Å². The molecular formula is C39H34IrN3. The van der Waals surface area contributed by atoms with Crippen molar-refractivity contribution in [1.29, 1.82) is 0 Å². The molecule has 0 radical (unpaired) electrons. The molecule has 0 aliphatic carbocycles. The summed E-state index contributed by atoms with van der Waals surface area (Å²) in [6.45, 7) is 8.52. The molecule has 0 unspecified atom stereocenters. The van der Waals surface area contributed by atoms with Gasteiger partial charge in [-0.2, -0.15) is 91.0 Å². The van der Waals surface area contributed by atoms with Crippen molar-refractivity contribution in [1.82, 2.24) is 15.0 Å². The van der Waals surface area contributed by atoms with Crippen LogP contribution in [0.1, 0.15) is 58.7 Å². The summed E-state index contributed by atoms with van der Waals surface area (Å²) in [7, 11) is 0. The number of aryl methyl sites for hydroxylation is 2. The number of benzene rings is 3. The Hall–Kier alpha value is -4.24. The SMILES string of the molecule is CC(c1[c-]cccc1)(c1[c-]cccc1)c1ccccn1.Cc1ccnc(C(C)(c2[c-]cccc2)c2cc(C)ccn2)c1.[Ir+3]. The van der Waals surface area contributed by atoms with Crippen molar-refractivity contribution in [2.75, 3.05) is 0 Å². The Kier molecular flexibility index (Phi) is 10.5. The number of nitrogens with zero attached hydrogens (tertiary/aromatic N) is 3. The van der Waals surface area contributed by atoms with Crippen LogP contribution >= 0.6 is 0 Å².